The van der Waals surface area contributed by atoms with Crippen LogP contribution < -0.4 is 0 Å². The Morgan fingerprint density at radius 1 is 1.20 bits per heavy atom. The second-order valence-electron chi connectivity index (χ2n) is 4.70. The molecule has 0 aliphatic heterocycles. The van der Waals surface area contributed by atoms with Crippen LogP contribution in [-0.4, -0.2) is 56.5 Å². The van der Waals surface area contributed by atoms with Crippen molar-refractivity contribution in [1.29, 1.82) is 0 Å². The van der Waals surface area contributed by atoms with Gasteiger partial charge in [-0.3, -0.25) is 4.90 Å². The molecule has 1 rings (SSSR count). The number of nitrogens with zero attached hydrogens (tertiary/aromatic N) is 1. The number of carboxylic acids is 1. The normalized spacial score (nSPS) is 10.9. The molecule has 0 aromatic heterocycles. The maximum atomic E-state index is 10.7. The van der Waals surface area contributed by atoms with E-state index >= 15 is 0 Å². The molecule has 1 aromatic rings. The average molecular weight is 281 g/mol. The highest BCUT2D eigenvalue weighted by Crippen LogP contribution is 2.06. The summed E-state index contributed by atoms with van der Waals surface area (Å²) in [7, 11) is 3.70. The van der Waals surface area contributed by atoms with Crippen LogP contribution in [0, 0.1) is 0 Å². The average Bonchev–Trinajstić information content (AvgIpc) is 2.43. The lowest BCUT2D eigenvalue weighted by molar-refractivity contribution is 0.0697. The molecule has 0 spiro atoms. The third-order valence-electron chi connectivity index (χ3n) is 2.91. The fourth-order valence-electron chi connectivity index (χ4n) is 1.77. The van der Waals surface area contributed by atoms with Crippen molar-refractivity contribution in [3.8, 4) is 0 Å². The lowest BCUT2D eigenvalue weighted by Gasteiger charge is -2.16. The van der Waals surface area contributed by atoms with E-state index in [-0.39, 0.29) is 0 Å². The monoisotopic (exact) mass is 281 g/mol. The first kappa shape index (κ1) is 16.6. The number of aromatic carboxylic acids is 1. The topological polar surface area (TPSA) is 59.0 Å². The van der Waals surface area contributed by atoms with Crippen molar-refractivity contribution >= 4 is 5.97 Å². The number of carboxylic acid groups (broad SMARTS) is 1. The minimum atomic E-state index is -0.894. The van der Waals surface area contributed by atoms with E-state index in [4.69, 9.17) is 14.6 Å². The minimum absolute atomic E-state index is 0.317. The SMILES string of the molecule is COCCCOCCN(C)Cc1ccc(C(=O)O)cc1. The van der Waals surface area contributed by atoms with Crippen molar-refractivity contribution in [3.63, 3.8) is 0 Å². The lowest BCUT2D eigenvalue weighted by Crippen LogP contribution is -2.23. The number of benzene rings is 1. The predicted octanol–water partition coefficient (Wildman–Crippen LogP) is 1.87. The number of methoxy groups -OCH3 is 1. The van der Waals surface area contributed by atoms with E-state index in [1.54, 1.807) is 19.2 Å². The van der Waals surface area contributed by atoms with E-state index in [0.717, 1.165) is 38.3 Å². The molecule has 5 heteroatoms. The van der Waals surface area contributed by atoms with Crippen molar-refractivity contribution < 1.29 is 19.4 Å². The zero-order valence-corrected chi connectivity index (χ0v) is 12.2. The summed E-state index contributed by atoms with van der Waals surface area (Å²) < 4.78 is 10.4. The number of ether oxygens (including phenoxy) is 2. The number of likely N-dealkylation sites (N-methyl/N-ethyl adjacent to an activating group) is 1. The second-order valence-corrected chi connectivity index (χ2v) is 4.70. The Morgan fingerprint density at radius 3 is 2.50 bits per heavy atom. The molecule has 0 aliphatic rings. The zero-order chi connectivity index (χ0) is 14.8. The first-order valence-electron chi connectivity index (χ1n) is 6.71. The number of carbonyl (C=O) groups is 1. The Morgan fingerprint density at radius 2 is 1.90 bits per heavy atom. The molecule has 0 aliphatic carbocycles. The molecule has 20 heavy (non-hydrogen) atoms. The second kappa shape index (κ2) is 9.47. The summed E-state index contributed by atoms with van der Waals surface area (Å²) in [4.78, 5) is 12.9. The van der Waals surface area contributed by atoms with Gasteiger partial charge >= 0.3 is 5.97 Å². The Kier molecular flexibility index (Phi) is 7.87. The number of hydrogen-bond acceptors (Lipinski definition) is 4. The molecular weight excluding hydrogens is 258 g/mol. The fraction of sp³-hybridized carbons (Fsp3) is 0.533. The smallest absolute Gasteiger partial charge is 0.335 e. The first-order chi connectivity index (χ1) is 9.63. The summed E-state index contributed by atoms with van der Waals surface area (Å²) >= 11 is 0. The van der Waals surface area contributed by atoms with E-state index < -0.39 is 5.97 Å². The van der Waals surface area contributed by atoms with Gasteiger partial charge in [0.2, 0.25) is 0 Å². The van der Waals surface area contributed by atoms with Crippen LogP contribution in [0.15, 0.2) is 24.3 Å². The van der Waals surface area contributed by atoms with E-state index in [9.17, 15) is 4.79 Å². The van der Waals surface area contributed by atoms with Gasteiger partial charge in [0, 0.05) is 33.4 Å². The van der Waals surface area contributed by atoms with Crippen LogP contribution in [0.1, 0.15) is 22.3 Å². The molecule has 0 amide bonds. The first-order valence-corrected chi connectivity index (χ1v) is 6.71. The summed E-state index contributed by atoms with van der Waals surface area (Å²) in [6, 6.07) is 6.96. The molecule has 1 aromatic carbocycles. The van der Waals surface area contributed by atoms with Gasteiger partial charge in [0.05, 0.1) is 12.2 Å². The summed E-state index contributed by atoms with van der Waals surface area (Å²) in [6.07, 6.45) is 0.914. The quantitative estimate of drug-likeness (QED) is 0.663. The van der Waals surface area contributed by atoms with Gasteiger partial charge in [-0.1, -0.05) is 12.1 Å². The van der Waals surface area contributed by atoms with Gasteiger partial charge in [0.15, 0.2) is 0 Å². The van der Waals surface area contributed by atoms with Crippen molar-refractivity contribution in [3.05, 3.63) is 35.4 Å². The van der Waals surface area contributed by atoms with Gasteiger partial charge in [-0.15, -0.1) is 0 Å². The molecule has 0 atom stereocenters. The summed E-state index contributed by atoms with van der Waals surface area (Å²) in [5.74, 6) is -0.894. The molecule has 0 saturated heterocycles. The van der Waals surface area contributed by atoms with Crippen LogP contribution in [0.4, 0.5) is 0 Å². The summed E-state index contributed by atoms with van der Waals surface area (Å²) in [5.41, 5.74) is 1.41. The Balaban J connectivity index is 2.21. The van der Waals surface area contributed by atoms with E-state index in [1.807, 2.05) is 19.2 Å². The van der Waals surface area contributed by atoms with Crippen molar-refractivity contribution in [2.75, 3.05) is 40.5 Å². The highest BCUT2D eigenvalue weighted by Gasteiger charge is 2.04. The maximum Gasteiger partial charge on any atom is 0.335 e. The summed E-state index contributed by atoms with van der Waals surface area (Å²) in [6.45, 7) is 3.75. The van der Waals surface area contributed by atoms with Gasteiger partial charge < -0.3 is 14.6 Å². The van der Waals surface area contributed by atoms with Crippen LogP contribution >= 0.6 is 0 Å². The number of hydrogen-bond donors (Lipinski definition) is 1. The van der Waals surface area contributed by atoms with Crippen LogP contribution in [0.25, 0.3) is 0 Å². The molecule has 0 fully saturated rings. The molecule has 112 valence electrons. The van der Waals surface area contributed by atoms with Gasteiger partial charge in [-0.25, -0.2) is 4.79 Å². The van der Waals surface area contributed by atoms with Crippen LogP contribution in [-0.2, 0) is 16.0 Å². The van der Waals surface area contributed by atoms with Crippen LogP contribution in [0.5, 0.6) is 0 Å². The molecule has 0 heterocycles. The highest BCUT2D eigenvalue weighted by atomic mass is 16.5. The van der Waals surface area contributed by atoms with Crippen LogP contribution in [0.3, 0.4) is 0 Å². The third kappa shape index (κ3) is 6.65. The molecule has 1 N–H and O–H groups in total. The van der Waals surface area contributed by atoms with Crippen molar-refractivity contribution in [2.45, 2.75) is 13.0 Å². The molecule has 0 bridgehead atoms. The van der Waals surface area contributed by atoms with Crippen LogP contribution in [0.2, 0.25) is 0 Å². The van der Waals surface area contributed by atoms with E-state index in [1.165, 1.54) is 0 Å². The Hall–Kier alpha value is -1.43. The van der Waals surface area contributed by atoms with E-state index in [0.29, 0.717) is 12.2 Å². The largest absolute Gasteiger partial charge is 0.478 e. The van der Waals surface area contributed by atoms with Gasteiger partial charge in [0.1, 0.15) is 0 Å². The van der Waals surface area contributed by atoms with E-state index in [2.05, 4.69) is 4.90 Å². The third-order valence-corrected chi connectivity index (χ3v) is 2.91. The zero-order valence-electron chi connectivity index (χ0n) is 12.2. The minimum Gasteiger partial charge on any atom is -0.478 e. The lowest BCUT2D eigenvalue weighted by atomic mass is 10.1. The number of rotatable bonds is 10. The Bertz CT molecular complexity index is 391. The highest BCUT2D eigenvalue weighted by molar-refractivity contribution is 5.87. The fourth-order valence-corrected chi connectivity index (χ4v) is 1.77. The standard InChI is InChI=1S/C15H23NO4/c1-16(8-11-20-10-3-9-19-2)12-13-4-6-14(7-5-13)15(17)18/h4-7H,3,8-12H2,1-2H3,(H,17,18). The molecule has 0 saturated carbocycles. The molecule has 0 radical (unpaired) electrons. The maximum absolute atomic E-state index is 10.7. The Labute approximate surface area is 120 Å². The van der Waals surface area contributed by atoms with Gasteiger partial charge in [-0.2, -0.15) is 0 Å². The van der Waals surface area contributed by atoms with Crippen molar-refractivity contribution in [1.82, 2.24) is 4.90 Å². The van der Waals surface area contributed by atoms with Gasteiger partial charge in [-0.05, 0) is 31.2 Å². The van der Waals surface area contributed by atoms with Gasteiger partial charge in [0.25, 0.3) is 0 Å². The molecule has 5 nitrogen and oxygen atoms in total. The molecular formula is C15H23NO4. The predicted molar refractivity (Wildman–Crippen MR) is 77.0 cm³/mol. The van der Waals surface area contributed by atoms with Crippen molar-refractivity contribution in [2.24, 2.45) is 0 Å². The molecule has 0 unspecified atom stereocenters. The summed E-state index contributed by atoms with van der Waals surface area (Å²) in [5, 5.41) is 8.83.